The van der Waals surface area contributed by atoms with Crippen LogP contribution >= 0.6 is 0 Å². The average molecular weight is 267 g/mol. The number of methoxy groups -OCH3 is 2. The van der Waals surface area contributed by atoms with Gasteiger partial charge in [-0.25, -0.2) is 0 Å². The lowest BCUT2D eigenvalue weighted by Gasteiger charge is -2.23. The second-order valence-corrected chi connectivity index (χ2v) is 4.94. The Hall–Kier alpha value is -1.75. The molecule has 0 atom stereocenters. The van der Waals surface area contributed by atoms with Crippen molar-refractivity contribution in [2.45, 2.75) is 25.8 Å². The number of carbonyl (C=O) groups excluding carboxylic acids is 1. The summed E-state index contributed by atoms with van der Waals surface area (Å²) >= 11 is 0. The highest BCUT2D eigenvalue weighted by molar-refractivity contribution is 5.80. The standard InChI is InChI=1S/C14H21NO4/c1-14(2,9-16)15-13(17)7-10-5-6-11(18-3)8-12(10)19-4/h5-6,8,16H,7,9H2,1-4H3,(H,15,17). The zero-order chi connectivity index (χ0) is 14.5. The van der Waals surface area contributed by atoms with Crippen LogP contribution in [0.3, 0.4) is 0 Å². The highest BCUT2D eigenvalue weighted by Crippen LogP contribution is 2.25. The van der Waals surface area contributed by atoms with Gasteiger partial charge in [0.1, 0.15) is 11.5 Å². The number of aliphatic hydroxyl groups is 1. The fourth-order valence-corrected chi connectivity index (χ4v) is 1.63. The molecule has 19 heavy (non-hydrogen) atoms. The van der Waals surface area contributed by atoms with Gasteiger partial charge in [0.25, 0.3) is 0 Å². The SMILES string of the molecule is COc1ccc(CC(=O)NC(C)(C)CO)c(OC)c1. The Morgan fingerprint density at radius 3 is 2.53 bits per heavy atom. The molecule has 1 rings (SSSR count). The van der Waals surface area contributed by atoms with Gasteiger partial charge in [-0.3, -0.25) is 4.79 Å². The fourth-order valence-electron chi connectivity index (χ4n) is 1.63. The van der Waals surface area contributed by atoms with E-state index in [0.29, 0.717) is 11.5 Å². The number of hydrogen-bond acceptors (Lipinski definition) is 4. The molecular weight excluding hydrogens is 246 g/mol. The molecule has 0 radical (unpaired) electrons. The van der Waals surface area contributed by atoms with Gasteiger partial charge in [-0.15, -0.1) is 0 Å². The van der Waals surface area contributed by atoms with Gasteiger partial charge in [-0.2, -0.15) is 0 Å². The number of ether oxygens (including phenoxy) is 2. The Bertz CT molecular complexity index is 443. The summed E-state index contributed by atoms with van der Waals surface area (Å²) in [5.41, 5.74) is 0.145. The van der Waals surface area contributed by atoms with Crippen LogP contribution in [0.1, 0.15) is 19.4 Å². The Balaban J connectivity index is 2.79. The molecule has 0 fully saturated rings. The number of rotatable bonds is 6. The van der Waals surface area contributed by atoms with Crippen LogP contribution in [0.2, 0.25) is 0 Å². The van der Waals surface area contributed by atoms with Gasteiger partial charge in [-0.1, -0.05) is 6.07 Å². The minimum atomic E-state index is -0.628. The van der Waals surface area contributed by atoms with E-state index in [9.17, 15) is 4.79 Å². The monoisotopic (exact) mass is 267 g/mol. The van der Waals surface area contributed by atoms with Crippen LogP contribution < -0.4 is 14.8 Å². The molecule has 1 aromatic carbocycles. The van der Waals surface area contributed by atoms with Crippen molar-refractivity contribution in [3.63, 3.8) is 0 Å². The lowest BCUT2D eigenvalue weighted by molar-refractivity contribution is -0.122. The van der Waals surface area contributed by atoms with Crippen molar-refractivity contribution in [3.05, 3.63) is 23.8 Å². The summed E-state index contributed by atoms with van der Waals surface area (Å²) < 4.78 is 10.3. The van der Waals surface area contributed by atoms with Gasteiger partial charge in [0.05, 0.1) is 32.8 Å². The van der Waals surface area contributed by atoms with Crippen molar-refractivity contribution in [1.82, 2.24) is 5.32 Å². The van der Waals surface area contributed by atoms with E-state index in [2.05, 4.69) is 5.32 Å². The maximum Gasteiger partial charge on any atom is 0.225 e. The van der Waals surface area contributed by atoms with Crippen molar-refractivity contribution in [2.24, 2.45) is 0 Å². The molecule has 0 heterocycles. The zero-order valence-corrected chi connectivity index (χ0v) is 11.8. The Morgan fingerprint density at radius 1 is 1.32 bits per heavy atom. The van der Waals surface area contributed by atoms with E-state index in [1.807, 2.05) is 0 Å². The third-order valence-electron chi connectivity index (χ3n) is 2.72. The molecule has 1 amide bonds. The Labute approximate surface area is 113 Å². The van der Waals surface area contributed by atoms with Crippen LogP contribution in [0.25, 0.3) is 0 Å². The molecule has 0 aromatic heterocycles. The normalized spacial score (nSPS) is 11.0. The van der Waals surface area contributed by atoms with Crippen LogP contribution in [-0.4, -0.2) is 37.4 Å². The van der Waals surface area contributed by atoms with Gasteiger partial charge < -0.3 is 19.9 Å². The average Bonchev–Trinajstić information content (AvgIpc) is 2.38. The Morgan fingerprint density at radius 2 is 2.00 bits per heavy atom. The molecule has 0 bridgehead atoms. The van der Waals surface area contributed by atoms with Crippen LogP contribution in [0.4, 0.5) is 0 Å². The predicted octanol–water partition coefficient (Wildman–Crippen LogP) is 1.13. The van der Waals surface area contributed by atoms with Crippen molar-refractivity contribution in [3.8, 4) is 11.5 Å². The lowest BCUT2D eigenvalue weighted by Crippen LogP contribution is -2.46. The number of benzene rings is 1. The molecule has 0 unspecified atom stereocenters. The van der Waals surface area contributed by atoms with Gasteiger partial charge >= 0.3 is 0 Å². The molecule has 5 heteroatoms. The maximum absolute atomic E-state index is 11.9. The van der Waals surface area contributed by atoms with Crippen molar-refractivity contribution in [2.75, 3.05) is 20.8 Å². The van der Waals surface area contributed by atoms with Gasteiger partial charge in [0.2, 0.25) is 5.91 Å². The first kappa shape index (κ1) is 15.3. The predicted molar refractivity (Wildman–Crippen MR) is 72.6 cm³/mol. The Kier molecular flexibility index (Phi) is 5.18. The summed E-state index contributed by atoms with van der Waals surface area (Å²) in [5.74, 6) is 1.12. The quantitative estimate of drug-likeness (QED) is 0.811. The van der Waals surface area contributed by atoms with Gasteiger partial charge in [0.15, 0.2) is 0 Å². The molecule has 2 N–H and O–H groups in total. The summed E-state index contributed by atoms with van der Waals surface area (Å²) in [4.78, 5) is 11.9. The smallest absolute Gasteiger partial charge is 0.225 e. The van der Waals surface area contributed by atoms with Crippen LogP contribution in [0.5, 0.6) is 11.5 Å². The third kappa shape index (κ3) is 4.44. The molecular formula is C14H21NO4. The minimum absolute atomic E-state index is 0.113. The van der Waals surface area contributed by atoms with Crippen molar-refractivity contribution >= 4 is 5.91 Å². The van der Waals surface area contributed by atoms with Crippen LogP contribution in [-0.2, 0) is 11.2 Å². The van der Waals surface area contributed by atoms with E-state index in [4.69, 9.17) is 14.6 Å². The van der Waals surface area contributed by atoms with E-state index in [1.54, 1.807) is 46.3 Å². The number of aliphatic hydroxyl groups excluding tert-OH is 1. The van der Waals surface area contributed by atoms with Crippen LogP contribution in [0, 0.1) is 0 Å². The summed E-state index contributed by atoms with van der Waals surface area (Å²) in [6.07, 6.45) is 0.191. The zero-order valence-electron chi connectivity index (χ0n) is 11.8. The number of carbonyl (C=O) groups is 1. The fraction of sp³-hybridized carbons (Fsp3) is 0.500. The topological polar surface area (TPSA) is 67.8 Å². The molecule has 0 spiro atoms. The summed E-state index contributed by atoms with van der Waals surface area (Å²) in [7, 11) is 3.12. The number of nitrogens with one attached hydrogen (secondary N) is 1. The van der Waals surface area contributed by atoms with Gasteiger partial charge in [0, 0.05) is 11.6 Å². The third-order valence-corrected chi connectivity index (χ3v) is 2.72. The number of amides is 1. The summed E-state index contributed by atoms with van der Waals surface area (Å²) in [6.45, 7) is 3.41. The molecule has 1 aromatic rings. The second kappa shape index (κ2) is 6.43. The summed E-state index contributed by atoms with van der Waals surface area (Å²) in [5, 5.41) is 11.9. The van der Waals surface area contributed by atoms with Crippen molar-refractivity contribution in [1.29, 1.82) is 0 Å². The first-order valence-corrected chi connectivity index (χ1v) is 6.04. The largest absolute Gasteiger partial charge is 0.497 e. The molecule has 5 nitrogen and oxygen atoms in total. The van der Waals surface area contributed by atoms with E-state index in [-0.39, 0.29) is 18.9 Å². The second-order valence-electron chi connectivity index (χ2n) is 4.94. The van der Waals surface area contributed by atoms with E-state index in [0.717, 1.165) is 5.56 Å². The first-order chi connectivity index (χ1) is 8.91. The van der Waals surface area contributed by atoms with E-state index < -0.39 is 5.54 Å². The highest BCUT2D eigenvalue weighted by Gasteiger charge is 2.20. The molecule has 0 saturated carbocycles. The van der Waals surface area contributed by atoms with Crippen molar-refractivity contribution < 1.29 is 19.4 Å². The van der Waals surface area contributed by atoms with E-state index in [1.165, 1.54) is 0 Å². The molecule has 0 aliphatic carbocycles. The molecule has 0 aliphatic rings. The lowest BCUT2D eigenvalue weighted by atomic mass is 10.1. The molecule has 0 aliphatic heterocycles. The van der Waals surface area contributed by atoms with Gasteiger partial charge in [-0.05, 0) is 19.9 Å². The van der Waals surface area contributed by atoms with E-state index >= 15 is 0 Å². The summed E-state index contributed by atoms with van der Waals surface area (Å²) in [6, 6.07) is 5.31. The number of hydrogen-bond donors (Lipinski definition) is 2. The molecule has 0 saturated heterocycles. The minimum Gasteiger partial charge on any atom is -0.497 e. The first-order valence-electron chi connectivity index (χ1n) is 6.04. The maximum atomic E-state index is 11.9. The molecule has 106 valence electrons. The highest BCUT2D eigenvalue weighted by atomic mass is 16.5. The van der Waals surface area contributed by atoms with Crippen LogP contribution in [0.15, 0.2) is 18.2 Å².